The van der Waals surface area contributed by atoms with Gasteiger partial charge in [-0.1, -0.05) is 0 Å². The molecule has 1 aromatic carbocycles. The van der Waals surface area contributed by atoms with E-state index in [0.29, 0.717) is 0 Å². The molecule has 128 valence electrons. The number of ether oxygens (including phenoxy) is 1. The largest absolute Gasteiger partial charge is 0.443 e. The van der Waals surface area contributed by atoms with E-state index in [1.807, 2.05) is 0 Å². The number of anilines is 2. The van der Waals surface area contributed by atoms with Crippen molar-refractivity contribution in [2.75, 3.05) is 17.3 Å². The van der Waals surface area contributed by atoms with Crippen molar-refractivity contribution in [2.45, 2.75) is 26.4 Å². The molecule has 8 heteroatoms. The van der Waals surface area contributed by atoms with Gasteiger partial charge in [0.15, 0.2) is 5.57 Å². The SMILES string of the molecule is CN(C(=O)OC(C)(C)C)c1cc(F)ccc1NC(C#N)=C(C#N)C#N. The van der Waals surface area contributed by atoms with Crippen LogP contribution >= 0.6 is 0 Å². The topological polar surface area (TPSA) is 113 Å². The summed E-state index contributed by atoms with van der Waals surface area (Å²) in [5, 5.41) is 29.5. The molecule has 0 aliphatic rings. The molecule has 1 rings (SSSR count). The zero-order valence-corrected chi connectivity index (χ0v) is 14.2. The highest BCUT2D eigenvalue weighted by Crippen LogP contribution is 2.29. The monoisotopic (exact) mass is 341 g/mol. The van der Waals surface area contributed by atoms with E-state index in [2.05, 4.69) is 5.32 Å². The summed E-state index contributed by atoms with van der Waals surface area (Å²) in [7, 11) is 1.37. The molecule has 1 amide bonds. The number of allylic oxidation sites excluding steroid dienone is 2. The van der Waals surface area contributed by atoms with E-state index in [0.717, 1.165) is 17.0 Å². The van der Waals surface area contributed by atoms with Gasteiger partial charge in [-0.15, -0.1) is 0 Å². The van der Waals surface area contributed by atoms with Gasteiger partial charge in [-0.2, -0.15) is 15.8 Å². The van der Waals surface area contributed by atoms with Gasteiger partial charge >= 0.3 is 6.09 Å². The summed E-state index contributed by atoms with van der Waals surface area (Å²) in [6.45, 7) is 5.06. The number of rotatable bonds is 3. The molecule has 0 spiro atoms. The van der Waals surface area contributed by atoms with Crippen LogP contribution in [0, 0.1) is 39.8 Å². The molecule has 25 heavy (non-hydrogen) atoms. The number of halogens is 1. The van der Waals surface area contributed by atoms with E-state index in [-0.39, 0.29) is 17.1 Å². The van der Waals surface area contributed by atoms with Crippen LogP contribution in [0.1, 0.15) is 20.8 Å². The Labute approximate surface area is 145 Å². The highest BCUT2D eigenvalue weighted by molar-refractivity contribution is 5.92. The minimum absolute atomic E-state index is 0.0808. The van der Waals surface area contributed by atoms with Crippen LogP contribution in [0.25, 0.3) is 0 Å². The van der Waals surface area contributed by atoms with Crippen LogP contribution in [0.4, 0.5) is 20.6 Å². The van der Waals surface area contributed by atoms with Crippen LogP contribution < -0.4 is 10.2 Å². The third kappa shape index (κ3) is 5.23. The van der Waals surface area contributed by atoms with Crippen LogP contribution in [0.15, 0.2) is 29.5 Å². The highest BCUT2D eigenvalue weighted by atomic mass is 19.1. The first kappa shape index (κ1) is 19.5. The summed E-state index contributed by atoms with van der Waals surface area (Å²) in [6.07, 6.45) is -0.732. The molecule has 0 bridgehead atoms. The van der Waals surface area contributed by atoms with Gasteiger partial charge in [0.1, 0.15) is 35.3 Å². The van der Waals surface area contributed by atoms with Crippen molar-refractivity contribution in [3.05, 3.63) is 35.3 Å². The average molecular weight is 341 g/mol. The molecule has 1 aromatic rings. The lowest BCUT2D eigenvalue weighted by molar-refractivity contribution is 0.0589. The normalized spacial score (nSPS) is 9.84. The van der Waals surface area contributed by atoms with Crippen LogP contribution in [-0.2, 0) is 4.74 Å². The van der Waals surface area contributed by atoms with Gasteiger partial charge in [-0.05, 0) is 39.0 Å². The van der Waals surface area contributed by atoms with Crippen LogP contribution in [-0.4, -0.2) is 18.7 Å². The molecular weight excluding hydrogens is 325 g/mol. The number of nitrogens with one attached hydrogen (secondary N) is 1. The maximum Gasteiger partial charge on any atom is 0.414 e. The summed E-state index contributed by atoms with van der Waals surface area (Å²) in [5.74, 6) is -0.612. The van der Waals surface area contributed by atoms with Crippen molar-refractivity contribution in [3.8, 4) is 18.2 Å². The van der Waals surface area contributed by atoms with E-state index in [1.165, 1.54) is 13.1 Å². The lowest BCUT2D eigenvalue weighted by Gasteiger charge is -2.26. The molecule has 0 aromatic heterocycles. The van der Waals surface area contributed by atoms with Crippen molar-refractivity contribution in [2.24, 2.45) is 0 Å². The second kappa shape index (κ2) is 7.81. The molecule has 0 radical (unpaired) electrons. The Morgan fingerprint density at radius 1 is 1.20 bits per heavy atom. The maximum atomic E-state index is 13.6. The summed E-state index contributed by atoms with van der Waals surface area (Å²) in [5.41, 5.74) is -1.25. The van der Waals surface area contributed by atoms with E-state index >= 15 is 0 Å². The minimum Gasteiger partial charge on any atom is -0.443 e. The van der Waals surface area contributed by atoms with Gasteiger partial charge in [0.25, 0.3) is 0 Å². The Morgan fingerprint density at radius 3 is 2.28 bits per heavy atom. The Morgan fingerprint density at radius 2 is 1.80 bits per heavy atom. The van der Waals surface area contributed by atoms with Gasteiger partial charge in [0.05, 0.1) is 11.4 Å². The fourth-order valence-electron chi connectivity index (χ4n) is 1.73. The second-order valence-corrected chi connectivity index (χ2v) is 5.91. The number of nitrogens with zero attached hydrogens (tertiary/aromatic N) is 4. The van der Waals surface area contributed by atoms with Gasteiger partial charge in [0.2, 0.25) is 0 Å². The molecular formula is C17H16FN5O2. The molecule has 0 saturated heterocycles. The number of carbonyl (C=O) groups excluding carboxylic acids is 1. The van der Waals surface area contributed by atoms with Crippen LogP contribution in [0.2, 0.25) is 0 Å². The number of benzene rings is 1. The molecule has 7 nitrogen and oxygen atoms in total. The standard InChI is InChI=1S/C17H16FN5O2/c1-17(2,3)25-16(24)23(4)15-7-12(18)5-6-13(15)22-14(10-21)11(8-19)9-20/h5-7,22H,1-4H3. The van der Waals surface area contributed by atoms with Crippen molar-refractivity contribution < 1.29 is 13.9 Å². The number of nitriles is 3. The summed E-state index contributed by atoms with van der Waals surface area (Å²) in [4.78, 5) is 13.3. The predicted molar refractivity (Wildman–Crippen MR) is 88.5 cm³/mol. The molecule has 0 fully saturated rings. The summed E-state index contributed by atoms with van der Waals surface area (Å²) < 4.78 is 18.9. The number of hydrogen-bond donors (Lipinski definition) is 1. The number of amides is 1. The van der Waals surface area contributed by atoms with E-state index < -0.39 is 23.1 Å². The first-order valence-electron chi connectivity index (χ1n) is 7.10. The van der Waals surface area contributed by atoms with E-state index in [4.69, 9.17) is 20.5 Å². The van der Waals surface area contributed by atoms with Crippen molar-refractivity contribution in [3.63, 3.8) is 0 Å². The molecule has 1 N–H and O–H groups in total. The Kier molecular flexibility index (Phi) is 6.08. The Hall–Kier alpha value is -3.57. The van der Waals surface area contributed by atoms with Crippen LogP contribution in [0.3, 0.4) is 0 Å². The third-order valence-electron chi connectivity index (χ3n) is 2.83. The minimum atomic E-state index is -0.751. The Bertz CT molecular complexity index is 819. The van der Waals surface area contributed by atoms with Crippen LogP contribution in [0.5, 0.6) is 0 Å². The van der Waals surface area contributed by atoms with Crippen molar-refractivity contribution in [1.29, 1.82) is 15.8 Å². The number of hydrogen-bond acceptors (Lipinski definition) is 6. The zero-order valence-electron chi connectivity index (χ0n) is 14.2. The fraction of sp³-hybridized carbons (Fsp3) is 0.294. The van der Waals surface area contributed by atoms with Gasteiger partial charge in [0, 0.05) is 7.05 Å². The first-order chi connectivity index (χ1) is 11.6. The van der Waals surface area contributed by atoms with E-state index in [9.17, 15) is 9.18 Å². The zero-order chi connectivity index (χ0) is 19.2. The lowest BCUT2D eigenvalue weighted by Crippen LogP contribution is -2.34. The van der Waals surface area contributed by atoms with Crippen molar-refractivity contribution in [1.82, 2.24) is 0 Å². The molecule has 0 saturated carbocycles. The first-order valence-corrected chi connectivity index (χ1v) is 7.10. The third-order valence-corrected chi connectivity index (χ3v) is 2.83. The second-order valence-electron chi connectivity index (χ2n) is 5.91. The van der Waals surface area contributed by atoms with Crippen molar-refractivity contribution >= 4 is 17.5 Å². The molecule has 0 heterocycles. The molecule has 0 aliphatic heterocycles. The quantitative estimate of drug-likeness (QED) is 0.843. The highest BCUT2D eigenvalue weighted by Gasteiger charge is 2.23. The average Bonchev–Trinajstić information content (AvgIpc) is 2.53. The predicted octanol–water partition coefficient (Wildman–Crippen LogP) is 3.43. The smallest absolute Gasteiger partial charge is 0.414 e. The lowest BCUT2D eigenvalue weighted by atomic mass is 10.2. The Balaban J connectivity index is 3.32. The molecule has 0 unspecified atom stereocenters. The van der Waals surface area contributed by atoms with E-state index in [1.54, 1.807) is 39.0 Å². The summed E-state index contributed by atoms with van der Waals surface area (Å²) in [6, 6.07) is 8.35. The fourth-order valence-corrected chi connectivity index (χ4v) is 1.73. The summed E-state index contributed by atoms with van der Waals surface area (Å²) >= 11 is 0. The molecule has 0 aliphatic carbocycles. The molecule has 0 atom stereocenters. The van der Waals surface area contributed by atoms with Gasteiger partial charge in [-0.3, -0.25) is 4.90 Å². The maximum absolute atomic E-state index is 13.6. The van der Waals surface area contributed by atoms with Gasteiger partial charge < -0.3 is 10.1 Å². The number of carbonyl (C=O) groups is 1. The van der Waals surface area contributed by atoms with Gasteiger partial charge in [-0.25, -0.2) is 9.18 Å².